The summed E-state index contributed by atoms with van der Waals surface area (Å²) >= 11 is 0. The van der Waals surface area contributed by atoms with Crippen molar-refractivity contribution in [1.29, 1.82) is 0 Å². The summed E-state index contributed by atoms with van der Waals surface area (Å²) in [5.74, 6) is 1.77. The lowest BCUT2D eigenvalue weighted by molar-refractivity contribution is 0.411. The quantitative estimate of drug-likeness (QED) is 0.793. The number of benzene rings is 2. The molecular weight excluding hydrogens is 274 g/mol. The maximum absolute atomic E-state index is 5.29. The van der Waals surface area contributed by atoms with Gasteiger partial charge in [0.25, 0.3) is 0 Å². The van der Waals surface area contributed by atoms with E-state index in [4.69, 9.17) is 4.74 Å². The lowest BCUT2D eigenvalue weighted by Gasteiger charge is -2.11. The van der Waals surface area contributed by atoms with Crippen LogP contribution < -0.4 is 10.1 Å². The molecule has 0 spiro atoms. The third-order valence-corrected chi connectivity index (χ3v) is 3.71. The van der Waals surface area contributed by atoms with Crippen LogP contribution >= 0.6 is 0 Å². The number of ether oxygens (including phenoxy) is 1. The van der Waals surface area contributed by atoms with Gasteiger partial charge in [-0.15, -0.1) is 0 Å². The molecule has 0 radical (unpaired) electrons. The maximum Gasteiger partial charge on any atom is 0.137 e. The highest BCUT2D eigenvalue weighted by Crippen LogP contribution is 2.22. The number of anilines is 1. The summed E-state index contributed by atoms with van der Waals surface area (Å²) < 4.78 is 5.29. The summed E-state index contributed by atoms with van der Waals surface area (Å²) in [5.41, 5.74) is 4.47. The highest BCUT2D eigenvalue weighted by Gasteiger charge is 2.05. The van der Waals surface area contributed by atoms with Gasteiger partial charge in [-0.05, 0) is 43.2 Å². The Morgan fingerprint density at radius 3 is 2.68 bits per heavy atom. The molecule has 0 saturated heterocycles. The van der Waals surface area contributed by atoms with Gasteiger partial charge in [0.15, 0.2) is 0 Å². The van der Waals surface area contributed by atoms with Crippen molar-refractivity contribution in [3.05, 3.63) is 59.4 Å². The van der Waals surface area contributed by atoms with E-state index in [1.54, 1.807) is 13.4 Å². The van der Waals surface area contributed by atoms with E-state index in [-0.39, 0.29) is 0 Å². The van der Waals surface area contributed by atoms with Gasteiger partial charge >= 0.3 is 0 Å². The molecule has 1 heterocycles. The van der Waals surface area contributed by atoms with Crippen LogP contribution in [0.1, 0.15) is 16.7 Å². The van der Waals surface area contributed by atoms with E-state index in [0.29, 0.717) is 6.54 Å². The van der Waals surface area contributed by atoms with E-state index in [2.05, 4.69) is 46.5 Å². The number of hydrogen-bond acceptors (Lipinski definition) is 4. The standard InChI is InChI=1S/C18H19N3O/c1-12-4-6-16-15(8-12)18(21-11-20-16)19-10-14-5-7-17(22-3)13(2)9-14/h4-9,11H,10H2,1-3H3,(H,19,20,21). The van der Waals surface area contributed by atoms with Crippen molar-refractivity contribution in [1.82, 2.24) is 9.97 Å². The Balaban J connectivity index is 1.85. The van der Waals surface area contributed by atoms with E-state index in [1.807, 2.05) is 19.1 Å². The minimum Gasteiger partial charge on any atom is -0.496 e. The average molecular weight is 293 g/mol. The van der Waals surface area contributed by atoms with Crippen LogP contribution in [0.15, 0.2) is 42.7 Å². The van der Waals surface area contributed by atoms with E-state index >= 15 is 0 Å². The van der Waals surface area contributed by atoms with E-state index in [1.165, 1.54) is 11.1 Å². The van der Waals surface area contributed by atoms with Crippen molar-refractivity contribution in [2.45, 2.75) is 20.4 Å². The van der Waals surface area contributed by atoms with Gasteiger partial charge in [0, 0.05) is 11.9 Å². The zero-order chi connectivity index (χ0) is 15.5. The Kier molecular flexibility index (Phi) is 3.92. The molecule has 0 aliphatic carbocycles. The predicted molar refractivity (Wildman–Crippen MR) is 89.3 cm³/mol. The molecule has 1 N–H and O–H groups in total. The zero-order valence-electron chi connectivity index (χ0n) is 13.1. The molecule has 0 aliphatic rings. The van der Waals surface area contributed by atoms with Crippen LogP contribution in [-0.4, -0.2) is 17.1 Å². The van der Waals surface area contributed by atoms with Gasteiger partial charge in [-0.25, -0.2) is 9.97 Å². The number of aryl methyl sites for hydroxylation is 2. The fourth-order valence-electron chi connectivity index (χ4n) is 2.55. The van der Waals surface area contributed by atoms with Gasteiger partial charge in [0.1, 0.15) is 17.9 Å². The summed E-state index contributed by atoms with van der Waals surface area (Å²) in [5, 5.41) is 4.45. The Bertz CT molecular complexity index is 815. The van der Waals surface area contributed by atoms with E-state index in [9.17, 15) is 0 Å². The van der Waals surface area contributed by atoms with Crippen molar-refractivity contribution in [3.63, 3.8) is 0 Å². The van der Waals surface area contributed by atoms with Crippen molar-refractivity contribution in [2.75, 3.05) is 12.4 Å². The Hall–Kier alpha value is -2.62. The second kappa shape index (κ2) is 6.02. The normalized spacial score (nSPS) is 10.7. The van der Waals surface area contributed by atoms with Crippen molar-refractivity contribution >= 4 is 16.7 Å². The lowest BCUT2D eigenvalue weighted by atomic mass is 10.1. The summed E-state index contributed by atoms with van der Waals surface area (Å²) in [7, 11) is 1.69. The minimum absolute atomic E-state index is 0.713. The minimum atomic E-state index is 0.713. The Morgan fingerprint density at radius 2 is 1.91 bits per heavy atom. The van der Waals surface area contributed by atoms with Gasteiger partial charge in [-0.1, -0.05) is 23.8 Å². The molecule has 1 aromatic heterocycles. The molecule has 0 saturated carbocycles. The number of aromatic nitrogens is 2. The SMILES string of the molecule is COc1ccc(CNc2ncnc3ccc(C)cc23)cc1C. The second-order valence-electron chi connectivity index (χ2n) is 5.40. The first-order chi connectivity index (χ1) is 10.7. The van der Waals surface area contributed by atoms with Crippen molar-refractivity contribution < 1.29 is 4.74 Å². The molecule has 22 heavy (non-hydrogen) atoms. The molecule has 4 nitrogen and oxygen atoms in total. The number of hydrogen-bond donors (Lipinski definition) is 1. The van der Waals surface area contributed by atoms with Gasteiger partial charge in [0.05, 0.1) is 12.6 Å². The molecule has 112 valence electrons. The number of fused-ring (bicyclic) bond motifs is 1. The van der Waals surface area contributed by atoms with Crippen molar-refractivity contribution in [2.24, 2.45) is 0 Å². The van der Waals surface area contributed by atoms with Gasteiger partial charge in [-0.2, -0.15) is 0 Å². The number of rotatable bonds is 4. The van der Waals surface area contributed by atoms with Gasteiger partial charge in [-0.3, -0.25) is 0 Å². The van der Waals surface area contributed by atoms with Crippen molar-refractivity contribution in [3.8, 4) is 5.75 Å². The zero-order valence-corrected chi connectivity index (χ0v) is 13.1. The van der Waals surface area contributed by atoms with Crippen LogP contribution in [-0.2, 0) is 6.54 Å². The first-order valence-electron chi connectivity index (χ1n) is 7.26. The van der Waals surface area contributed by atoms with Gasteiger partial charge in [0.2, 0.25) is 0 Å². The smallest absolute Gasteiger partial charge is 0.137 e. The molecule has 4 heteroatoms. The third-order valence-electron chi connectivity index (χ3n) is 3.71. The van der Waals surface area contributed by atoms with E-state index in [0.717, 1.165) is 28.0 Å². The molecule has 3 rings (SSSR count). The molecule has 0 atom stereocenters. The van der Waals surface area contributed by atoms with Gasteiger partial charge < -0.3 is 10.1 Å². The fraction of sp³-hybridized carbons (Fsp3) is 0.222. The number of methoxy groups -OCH3 is 1. The average Bonchev–Trinajstić information content (AvgIpc) is 2.53. The highest BCUT2D eigenvalue weighted by molar-refractivity contribution is 5.89. The molecule has 0 unspecified atom stereocenters. The number of nitrogens with zero attached hydrogens (tertiary/aromatic N) is 2. The monoisotopic (exact) mass is 293 g/mol. The lowest BCUT2D eigenvalue weighted by Crippen LogP contribution is -2.03. The molecular formula is C18H19N3O. The third kappa shape index (κ3) is 2.86. The maximum atomic E-state index is 5.29. The number of nitrogens with one attached hydrogen (secondary N) is 1. The molecule has 2 aromatic carbocycles. The van der Waals surface area contributed by atoms with Crippen LogP contribution in [0.25, 0.3) is 10.9 Å². The largest absolute Gasteiger partial charge is 0.496 e. The molecule has 0 amide bonds. The molecule has 0 bridgehead atoms. The van der Waals surface area contributed by atoms with Crippen LogP contribution in [0, 0.1) is 13.8 Å². The highest BCUT2D eigenvalue weighted by atomic mass is 16.5. The predicted octanol–water partition coefficient (Wildman–Crippen LogP) is 3.87. The molecule has 0 aliphatic heterocycles. The molecule has 0 fully saturated rings. The Labute approximate surface area is 130 Å². The van der Waals surface area contributed by atoms with Crippen LogP contribution in [0.2, 0.25) is 0 Å². The summed E-state index contributed by atoms with van der Waals surface area (Å²) in [6.45, 7) is 4.83. The van der Waals surface area contributed by atoms with E-state index < -0.39 is 0 Å². The van der Waals surface area contributed by atoms with Crippen LogP contribution in [0.4, 0.5) is 5.82 Å². The summed E-state index contributed by atoms with van der Waals surface area (Å²) in [4.78, 5) is 8.68. The van der Waals surface area contributed by atoms with Crippen LogP contribution in [0.3, 0.4) is 0 Å². The summed E-state index contributed by atoms with van der Waals surface area (Å²) in [6.07, 6.45) is 1.60. The Morgan fingerprint density at radius 1 is 1.05 bits per heavy atom. The first kappa shape index (κ1) is 14.3. The topological polar surface area (TPSA) is 47.0 Å². The van der Waals surface area contributed by atoms with Crippen LogP contribution in [0.5, 0.6) is 5.75 Å². The fourth-order valence-corrected chi connectivity index (χ4v) is 2.55. The second-order valence-corrected chi connectivity index (χ2v) is 5.40. The summed E-state index contributed by atoms with van der Waals surface area (Å²) in [6, 6.07) is 12.4. The first-order valence-corrected chi connectivity index (χ1v) is 7.26. The molecule has 3 aromatic rings.